The van der Waals surface area contributed by atoms with Crippen molar-refractivity contribution in [3.63, 3.8) is 0 Å². The van der Waals surface area contributed by atoms with Crippen molar-refractivity contribution in [2.45, 2.75) is 132 Å². The van der Waals surface area contributed by atoms with Crippen LogP contribution in [0.4, 0.5) is 0 Å². The summed E-state index contributed by atoms with van der Waals surface area (Å²) in [4.78, 5) is 0. The Kier molecular flexibility index (Phi) is 21.4. The molecule has 0 rings (SSSR count). The van der Waals surface area contributed by atoms with Crippen LogP contribution in [0.2, 0.25) is 0 Å². The van der Waals surface area contributed by atoms with Gasteiger partial charge in [0.15, 0.2) is 0 Å². The molecule has 240 valence electrons. The molecule has 0 unspecified atom stereocenters. The van der Waals surface area contributed by atoms with Gasteiger partial charge < -0.3 is 9.84 Å². The lowest BCUT2D eigenvalue weighted by Gasteiger charge is -2.22. The van der Waals surface area contributed by atoms with E-state index in [2.05, 4.69) is 140 Å². The molecular formula is C41H64O2. The van der Waals surface area contributed by atoms with Crippen molar-refractivity contribution in [3.05, 3.63) is 119 Å². The molecule has 0 heterocycles. The first-order valence-corrected chi connectivity index (χ1v) is 16.1. The quantitative estimate of drug-likeness (QED) is 0.113. The number of methoxy groups -OCH3 is 1. The van der Waals surface area contributed by atoms with E-state index in [0.29, 0.717) is 0 Å². The third-order valence-corrected chi connectivity index (χ3v) is 7.32. The van der Waals surface area contributed by atoms with E-state index in [9.17, 15) is 5.11 Å². The topological polar surface area (TPSA) is 29.5 Å². The molecular weight excluding hydrogens is 524 g/mol. The molecule has 0 radical (unpaired) electrons. The van der Waals surface area contributed by atoms with Gasteiger partial charge in [-0.3, -0.25) is 0 Å². The van der Waals surface area contributed by atoms with E-state index in [4.69, 9.17) is 4.74 Å². The van der Waals surface area contributed by atoms with E-state index in [1.807, 2.05) is 13.8 Å². The average molecular weight is 589 g/mol. The summed E-state index contributed by atoms with van der Waals surface area (Å²) in [6, 6.07) is 0. The minimum atomic E-state index is -0.559. The summed E-state index contributed by atoms with van der Waals surface area (Å²) < 4.78 is 5.50. The van der Waals surface area contributed by atoms with E-state index in [-0.39, 0.29) is 5.60 Å². The Bertz CT molecular complexity index is 1100. The molecule has 0 bridgehead atoms. The molecule has 2 heteroatoms. The van der Waals surface area contributed by atoms with Crippen molar-refractivity contribution in [1.82, 2.24) is 0 Å². The summed E-state index contributed by atoms with van der Waals surface area (Å²) in [5.41, 5.74) is 7.26. The van der Waals surface area contributed by atoms with Crippen LogP contribution < -0.4 is 0 Å². The highest BCUT2D eigenvalue weighted by atomic mass is 16.5. The maximum absolute atomic E-state index is 9.84. The molecule has 0 aromatic rings. The molecule has 1 N–H and O–H groups in total. The van der Waals surface area contributed by atoms with Crippen LogP contribution in [0.3, 0.4) is 0 Å². The molecule has 0 saturated carbocycles. The Hall–Kier alpha value is -2.68. The summed E-state index contributed by atoms with van der Waals surface area (Å²) in [5, 5.41) is 9.84. The lowest BCUT2D eigenvalue weighted by Crippen LogP contribution is -2.21. The third kappa shape index (κ3) is 26.7. The molecule has 43 heavy (non-hydrogen) atoms. The van der Waals surface area contributed by atoms with Crippen molar-refractivity contribution in [1.29, 1.82) is 0 Å². The van der Waals surface area contributed by atoms with Crippen LogP contribution in [0.25, 0.3) is 0 Å². The third-order valence-electron chi connectivity index (χ3n) is 7.32. The van der Waals surface area contributed by atoms with Gasteiger partial charge in [0.05, 0.1) is 11.2 Å². The summed E-state index contributed by atoms with van der Waals surface area (Å²) in [5.74, 6) is 0. The van der Waals surface area contributed by atoms with Gasteiger partial charge in [-0.15, -0.1) is 0 Å². The van der Waals surface area contributed by atoms with Crippen LogP contribution in [-0.2, 0) is 4.74 Å². The predicted octanol–water partition coefficient (Wildman–Crippen LogP) is 12.2. The molecule has 0 aromatic carbocycles. The second kappa shape index (κ2) is 22.8. The zero-order chi connectivity index (χ0) is 32.7. The zero-order valence-electron chi connectivity index (χ0n) is 29.6. The minimum absolute atomic E-state index is 0.0351. The van der Waals surface area contributed by atoms with Crippen LogP contribution in [-0.4, -0.2) is 23.4 Å². The predicted molar refractivity (Wildman–Crippen MR) is 193 cm³/mol. The first kappa shape index (κ1) is 40.3. The SMILES string of the molecule is COC(C)(C)CCCC(C)=CC=CC(C)=CC=CC(C)=CC=CC=C(C)C=CC=C(C)CCC=C(C)CCCC(C)(C)O. The van der Waals surface area contributed by atoms with Crippen molar-refractivity contribution in [2.24, 2.45) is 0 Å². The van der Waals surface area contributed by atoms with Gasteiger partial charge in [0.25, 0.3) is 0 Å². The second-order valence-electron chi connectivity index (χ2n) is 13.3. The monoisotopic (exact) mass is 588 g/mol. The maximum Gasteiger partial charge on any atom is 0.0622 e. The van der Waals surface area contributed by atoms with Crippen molar-refractivity contribution in [3.8, 4) is 0 Å². The standard InChI is InChI=1S/C41H64O2/c1-34(22-14-24-36(3)26-16-28-38(5)30-18-32-40(7,8)42)20-12-13-21-35(2)23-15-25-37(4)27-17-29-39(6)31-19-33-41(9,10)43-11/h12-15,17,20-25,27-29,42H,16,18-19,26,30-33H2,1-11H3. The van der Waals surface area contributed by atoms with Gasteiger partial charge in [0.2, 0.25) is 0 Å². The summed E-state index contributed by atoms with van der Waals surface area (Å²) in [6.07, 6.45) is 38.6. The van der Waals surface area contributed by atoms with Gasteiger partial charge in [-0.05, 0) is 121 Å². The summed E-state index contributed by atoms with van der Waals surface area (Å²) in [7, 11) is 1.79. The Morgan fingerprint density at radius 2 is 0.977 bits per heavy atom. The van der Waals surface area contributed by atoms with Gasteiger partial charge in [-0.1, -0.05) is 119 Å². The van der Waals surface area contributed by atoms with Crippen LogP contribution in [0.5, 0.6) is 0 Å². The average Bonchev–Trinajstić information content (AvgIpc) is 2.90. The first-order chi connectivity index (χ1) is 20.1. The number of aliphatic hydroxyl groups is 1. The Balaban J connectivity index is 4.58. The zero-order valence-corrected chi connectivity index (χ0v) is 29.6. The fourth-order valence-electron chi connectivity index (χ4n) is 4.17. The van der Waals surface area contributed by atoms with E-state index in [0.717, 1.165) is 51.4 Å². The van der Waals surface area contributed by atoms with Crippen LogP contribution in [0.15, 0.2) is 119 Å². The molecule has 0 aliphatic rings. The highest BCUT2D eigenvalue weighted by Crippen LogP contribution is 2.19. The number of hydrogen-bond acceptors (Lipinski definition) is 2. The van der Waals surface area contributed by atoms with Gasteiger partial charge in [0.1, 0.15) is 0 Å². The molecule has 0 fully saturated rings. The van der Waals surface area contributed by atoms with Crippen molar-refractivity contribution < 1.29 is 9.84 Å². The van der Waals surface area contributed by atoms with Gasteiger partial charge in [0, 0.05) is 7.11 Å². The summed E-state index contributed by atoms with van der Waals surface area (Å²) in [6.45, 7) is 21.0. The molecule has 0 saturated heterocycles. The lowest BCUT2D eigenvalue weighted by atomic mass is 9.99. The number of rotatable bonds is 20. The second-order valence-corrected chi connectivity index (χ2v) is 13.3. The fourth-order valence-corrected chi connectivity index (χ4v) is 4.17. The molecule has 0 atom stereocenters. The molecule has 0 aliphatic carbocycles. The Labute approximate surface area is 266 Å². The Morgan fingerprint density at radius 1 is 0.558 bits per heavy atom. The van der Waals surface area contributed by atoms with Gasteiger partial charge in [-0.25, -0.2) is 0 Å². The maximum atomic E-state index is 9.84. The molecule has 0 aliphatic heterocycles. The van der Waals surface area contributed by atoms with Gasteiger partial charge >= 0.3 is 0 Å². The largest absolute Gasteiger partial charge is 0.390 e. The smallest absolute Gasteiger partial charge is 0.0622 e. The molecule has 0 amide bonds. The minimum Gasteiger partial charge on any atom is -0.390 e. The number of ether oxygens (including phenoxy) is 1. The van der Waals surface area contributed by atoms with E-state index in [1.54, 1.807) is 7.11 Å². The van der Waals surface area contributed by atoms with Gasteiger partial charge in [-0.2, -0.15) is 0 Å². The number of hydrogen-bond donors (Lipinski definition) is 1. The van der Waals surface area contributed by atoms with E-state index >= 15 is 0 Å². The van der Waals surface area contributed by atoms with Crippen molar-refractivity contribution in [2.75, 3.05) is 7.11 Å². The van der Waals surface area contributed by atoms with Crippen LogP contribution in [0, 0.1) is 0 Å². The van der Waals surface area contributed by atoms with Crippen LogP contribution >= 0.6 is 0 Å². The van der Waals surface area contributed by atoms with Crippen LogP contribution in [0.1, 0.15) is 121 Å². The Morgan fingerprint density at radius 3 is 1.47 bits per heavy atom. The molecule has 0 spiro atoms. The lowest BCUT2D eigenvalue weighted by molar-refractivity contribution is 0.0140. The van der Waals surface area contributed by atoms with Crippen molar-refractivity contribution >= 4 is 0 Å². The summed E-state index contributed by atoms with van der Waals surface area (Å²) >= 11 is 0. The number of allylic oxidation sites excluding steroid dienone is 20. The van der Waals surface area contributed by atoms with E-state index < -0.39 is 5.60 Å². The van der Waals surface area contributed by atoms with E-state index in [1.165, 1.54) is 33.4 Å². The highest BCUT2D eigenvalue weighted by molar-refractivity contribution is 5.31. The molecule has 0 aromatic heterocycles. The first-order valence-electron chi connectivity index (χ1n) is 16.1. The highest BCUT2D eigenvalue weighted by Gasteiger charge is 2.15. The molecule has 2 nitrogen and oxygen atoms in total. The fraction of sp³-hybridized carbons (Fsp3) is 0.512. The normalized spacial score (nSPS) is 15.8.